The van der Waals surface area contributed by atoms with Gasteiger partial charge in [-0.05, 0) is 19.1 Å². The Kier molecular flexibility index (Phi) is 4.80. The van der Waals surface area contributed by atoms with E-state index < -0.39 is 6.09 Å². The molecule has 0 spiro atoms. The summed E-state index contributed by atoms with van der Waals surface area (Å²) in [6, 6.07) is 5.18. The van der Waals surface area contributed by atoms with Gasteiger partial charge < -0.3 is 19.5 Å². The van der Waals surface area contributed by atoms with Crippen molar-refractivity contribution in [2.45, 2.75) is 13.3 Å². The molecule has 0 fully saturated rings. The van der Waals surface area contributed by atoms with Gasteiger partial charge >= 0.3 is 6.09 Å². The number of nitrogens with zero attached hydrogens (tertiary/aromatic N) is 1. The lowest BCUT2D eigenvalue weighted by Crippen LogP contribution is -2.15. The number of amides is 2. The summed E-state index contributed by atoms with van der Waals surface area (Å²) >= 11 is 1.23. The number of hydrogen-bond acceptors (Lipinski definition) is 7. The lowest BCUT2D eigenvalue weighted by Gasteiger charge is -2.05. The Bertz CT molecular complexity index is 761. The van der Waals surface area contributed by atoms with E-state index in [1.807, 2.05) is 0 Å². The Labute approximate surface area is 141 Å². The lowest BCUT2D eigenvalue weighted by molar-refractivity contribution is -0.115. The van der Waals surface area contributed by atoms with Crippen molar-refractivity contribution in [3.63, 3.8) is 0 Å². The highest BCUT2D eigenvalue weighted by atomic mass is 32.1. The number of benzene rings is 1. The van der Waals surface area contributed by atoms with Crippen LogP contribution >= 0.6 is 11.3 Å². The molecule has 126 valence electrons. The minimum Gasteiger partial charge on any atom is -0.454 e. The standard InChI is InChI=1S/C15H15N3O5S/c1-2-21-15(20)18-14-17-10(7-24-14)6-13(19)16-9-3-4-11-12(5-9)23-8-22-11/h3-5,7H,2,6,8H2,1H3,(H,16,19)(H,17,18,20). The van der Waals surface area contributed by atoms with E-state index in [2.05, 4.69) is 15.6 Å². The summed E-state index contributed by atoms with van der Waals surface area (Å²) in [6.45, 7) is 2.18. The van der Waals surface area contributed by atoms with Crippen molar-refractivity contribution >= 4 is 34.2 Å². The zero-order valence-corrected chi connectivity index (χ0v) is 13.6. The molecule has 3 rings (SSSR count). The van der Waals surface area contributed by atoms with Crippen molar-refractivity contribution in [3.05, 3.63) is 29.3 Å². The molecule has 2 heterocycles. The number of nitrogens with one attached hydrogen (secondary N) is 2. The number of rotatable bonds is 5. The predicted octanol–water partition coefficient (Wildman–Crippen LogP) is 2.62. The number of hydrogen-bond donors (Lipinski definition) is 2. The Morgan fingerprint density at radius 3 is 2.96 bits per heavy atom. The van der Waals surface area contributed by atoms with Crippen LogP contribution in [0.3, 0.4) is 0 Å². The first-order chi connectivity index (χ1) is 11.6. The van der Waals surface area contributed by atoms with Crippen molar-refractivity contribution in [3.8, 4) is 11.5 Å². The number of ether oxygens (including phenoxy) is 3. The van der Waals surface area contributed by atoms with E-state index in [9.17, 15) is 9.59 Å². The Hall–Kier alpha value is -2.81. The quantitative estimate of drug-likeness (QED) is 0.861. The highest BCUT2D eigenvalue weighted by Gasteiger charge is 2.15. The van der Waals surface area contributed by atoms with Gasteiger partial charge in [0.05, 0.1) is 18.7 Å². The Balaban J connectivity index is 1.55. The minimum absolute atomic E-state index is 0.0927. The molecule has 0 saturated heterocycles. The molecule has 24 heavy (non-hydrogen) atoms. The normalized spacial score (nSPS) is 11.9. The lowest BCUT2D eigenvalue weighted by atomic mass is 10.2. The number of aromatic nitrogens is 1. The van der Waals surface area contributed by atoms with Gasteiger partial charge in [-0.2, -0.15) is 0 Å². The molecule has 0 unspecified atom stereocenters. The van der Waals surface area contributed by atoms with Crippen LogP contribution in [0.5, 0.6) is 11.5 Å². The fourth-order valence-electron chi connectivity index (χ4n) is 2.04. The molecule has 2 amide bonds. The number of anilines is 2. The molecule has 1 aromatic heterocycles. The molecule has 0 aliphatic carbocycles. The van der Waals surface area contributed by atoms with Crippen LogP contribution in [0, 0.1) is 0 Å². The number of fused-ring (bicyclic) bond motifs is 1. The van der Waals surface area contributed by atoms with Crippen molar-refractivity contribution in [2.75, 3.05) is 24.0 Å². The average molecular weight is 349 g/mol. The van der Waals surface area contributed by atoms with Gasteiger partial charge in [0, 0.05) is 17.1 Å². The van der Waals surface area contributed by atoms with Gasteiger partial charge in [0.15, 0.2) is 16.6 Å². The van der Waals surface area contributed by atoms with Crippen LogP contribution in [0.2, 0.25) is 0 Å². The topological polar surface area (TPSA) is 98.8 Å². The summed E-state index contributed by atoms with van der Waals surface area (Å²) in [5.74, 6) is 1.03. The van der Waals surface area contributed by atoms with Gasteiger partial charge in [-0.15, -0.1) is 11.3 Å². The molecule has 0 atom stereocenters. The van der Waals surface area contributed by atoms with Crippen molar-refractivity contribution in [1.82, 2.24) is 4.98 Å². The monoisotopic (exact) mass is 349 g/mol. The minimum atomic E-state index is -0.566. The van der Waals surface area contributed by atoms with Gasteiger partial charge in [-0.3, -0.25) is 10.1 Å². The van der Waals surface area contributed by atoms with Crippen LogP contribution < -0.4 is 20.1 Å². The SMILES string of the molecule is CCOC(=O)Nc1nc(CC(=O)Nc2ccc3c(c2)OCO3)cs1. The predicted molar refractivity (Wildman–Crippen MR) is 87.7 cm³/mol. The van der Waals surface area contributed by atoms with Crippen LogP contribution in [0.25, 0.3) is 0 Å². The maximum Gasteiger partial charge on any atom is 0.413 e. The highest BCUT2D eigenvalue weighted by molar-refractivity contribution is 7.13. The Morgan fingerprint density at radius 1 is 1.29 bits per heavy atom. The van der Waals surface area contributed by atoms with E-state index in [-0.39, 0.29) is 25.7 Å². The van der Waals surface area contributed by atoms with Gasteiger partial charge in [0.2, 0.25) is 12.7 Å². The third-order valence-electron chi connectivity index (χ3n) is 3.03. The number of carbonyl (C=O) groups excluding carboxylic acids is 2. The van der Waals surface area contributed by atoms with Crippen LogP contribution in [-0.4, -0.2) is 30.4 Å². The maximum absolute atomic E-state index is 12.1. The van der Waals surface area contributed by atoms with E-state index in [1.54, 1.807) is 30.5 Å². The highest BCUT2D eigenvalue weighted by Crippen LogP contribution is 2.34. The summed E-state index contributed by atoms with van der Waals surface area (Å²) in [5, 5.41) is 7.36. The zero-order valence-electron chi connectivity index (χ0n) is 12.8. The summed E-state index contributed by atoms with van der Waals surface area (Å²) < 4.78 is 15.2. The van der Waals surface area contributed by atoms with Crippen LogP contribution in [0.1, 0.15) is 12.6 Å². The summed E-state index contributed by atoms with van der Waals surface area (Å²) in [5.41, 5.74) is 1.18. The molecule has 1 aromatic carbocycles. The fraction of sp³-hybridized carbons (Fsp3) is 0.267. The Morgan fingerprint density at radius 2 is 2.12 bits per heavy atom. The van der Waals surface area contributed by atoms with Crippen LogP contribution in [0.15, 0.2) is 23.6 Å². The molecule has 8 nitrogen and oxygen atoms in total. The molecule has 2 N–H and O–H groups in total. The fourth-order valence-corrected chi connectivity index (χ4v) is 2.74. The summed E-state index contributed by atoms with van der Waals surface area (Å²) in [6.07, 6.45) is -0.474. The number of thiazole rings is 1. The van der Waals surface area contributed by atoms with Crippen molar-refractivity contribution < 1.29 is 23.8 Å². The van der Waals surface area contributed by atoms with Crippen LogP contribution in [0.4, 0.5) is 15.6 Å². The average Bonchev–Trinajstić information content (AvgIpc) is 3.16. The first-order valence-electron chi connectivity index (χ1n) is 7.21. The van der Waals surface area contributed by atoms with E-state index in [1.165, 1.54) is 11.3 Å². The molecule has 2 aromatic rings. The number of carbonyl (C=O) groups is 2. The van der Waals surface area contributed by atoms with Gasteiger partial charge in [-0.25, -0.2) is 9.78 Å². The van der Waals surface area contributed by atoms with E-state index in [0.29, 0.717) is 28.0 Å². The second-order valence-electron chi connectivity index (χ2n) is 4.78. The van der Waals surface area contributed by atoms with Crippen molar-refractivity contribution in [1.29, 1.82) is 0 Å². The summed E-state index contributed by atoms with van der Waals surface area (Å²) in [4.78, 5) is 27.6. The van der Waals surface area contributed by atoms with Gasteiger partial charge in [-0.1, -0.05) is 0 Å². The first-order valence-corrected chi connectivity index (χ1v) is 8.09. The van der Waals surface area contributed by atoms with Crippen molar-refractivity contribution in [2.24, 2.45) is 0 Å². The molecule has 9 heteroatoms. The molecule has 0 radical (unpaired) electrons. The zero-order chi connectivity index (χ0) is 16.9. The van der Waals surface area contributed by atoms with Gasteiger partial charge in [0.25, 0.3) is 0 Å². The summed E-state index contributed by atoms with van der Waals surface area (Å²) in [7, 11) is 0. The first kappa shape index (κ1) is 16.1. The largest absolute Gasteiger partial charge is 0.454 e. The van der Waals surface area contributed by atoms with E-state index in [0.717, 1.165) is 0 Å². The molecular formula is C15H15N3O5S. The van der Waals surface area contributed by atoms with Gasteiger partial charge in [0.1, 0.15) is 0 Å². The van der Waals surface area contributed by atoms with Crippen LogP contribution in [-0.2, 0) is 16.0 Å². The van der Waals surface area contributed by atoms with E-state index in [4.69, 9.17) is 14.2 Å². The smallest absolute Gasteiger partial charge is 0.413 e. The molecule has 1 aliphatic rings. The van der Waals surface area contributed by atoms with E-state index >= 15 is 0 Å². The second-order valence-corrected chi connectivity index (χ2v) is 5.64. The molecular weight excluding hydrogens is 334 g/mol. The maximum atomic E-state index is 12.1. The third-order valence-corrected chi connectivity index (χ3v) is 3.84. The third kappa shape index (κ3) is 3.93. The molecule has 1 aliphatic heterocycles. The second kappa shape index (κ2) is 7.18. The molecule has 0 saturated carbocycles. The molecule has 0 bridgehead atoms.